The van der Waals surface area contributed by atoms with Gasteiger partial charge in [0.1, 0.15) is 24.1 Å². The number of rotatable bonds is 4. The van der Waals surface area contributed by atoms with Crippen LogP contribution in [0.15, 0.2) is 11.6 Å². The highest BCUT2D eigenvalue weighted by atomic mass is 16.7. The predicted octanol–water partition coefficient (Wildman–Crippen LogP) is 5.58. The summed E-state index contributed by atoms with van der Waals surface area (Å²) in [4.78, 5) is 24.2. The van der Waals surface area contributed by atoms with Crippen LogP contribution in [0.5, 0.6) is 0 Å². The summed E-state index contributed by atoms with van der Waals surface area (Å²) in [6.45, 7) is 17.1. The molecule has 1 heterocycles. The van der Waals surface area contributed by atoms with Crippen molar-refractivity contribution in [2.24, 2.45) is 56.7 Å². The first-order valence-electron chi connectivity index (χ1n) is 17.1. The van der Waals surface area contributed by atoms with E-state index in [1.54, 1.807) is 5.57 Å². The molecule has 3 N–H and O–H groups in total. The molecule has 0 radical (unpaired) electrons. The van der Waals surface area contributed by atoms with E-state index < -0.39 is 30.7 Å². The second kappa shape index (κ2) is 10.4. The van der Waals surface area contributed by atoms with Crippen LogP contribution in [0.25, 0.3) is 0 Å². The molecule has 4 saturated carbocycles. The molecule has 0 amide bonds. The molecule has 43 heavy (non-hydrogen) atoms. The molecule has 6 aliphatic rings. The minimum atomic E-state index is -1.49. The van der Waals surface area contributed by atoms with Crippen LogP contribution < -0.4 is 0 Å². The van der Waals surface area contributed by atoms with E-state index >= 15 is 0 Å². The molecule has 242 valence electrons. The van der Waals surface area contributed by atoms with Crippen molar-refractivity contribution in [1.82, 2.24) is 0 Å². The first-order valence-corrected chi connectivity index (χ1v) is 17.1. The Morgan fingerprint density at radius 2 is 1.65 bits per heavy atom. The van der Waals surface area contributed by atoms with Gasteiger partial charge in [-0.2, -0.15) is 0 Å². The SMILES string of the molecule is C[C@@H]1CC[C@]2(C[C@@H]3OC(OC=O)[C@@H](O)[C@H](O)C3O)CC[C@]3(C)C(=CCC4[C@@]5(C)CCC(=O)C(C)(C)C5CC[C@]43C)C2[C@H]1C. The van der Waals surface area contributed by atoms with E-state index in [1.165, 1.54) is 0 Å². The van der Waals surface area contributed by atoms with Crippen LogP contribution in [0.2, 0.25) is 0 Å². The molecule has 6 rings (SSSR count). The number of ketones is 1. The Balaban J connectivity index is 1.38. The van der Waals surface area contributed by atoms with Crippen molar-refractivity contribution >= 4 is 12.3 Å². The van der Waals surface area contributed by atoms with Crippen LogP contribution >= 0.6 is 0 Å². The molecule has 5 unspecified atom stereocenters. The number of aliphatic hydroxyl groups is 3. The smallest absolute Gasteiger partial charge is 0.295 e. The number of ether oxygens (including phenoxy) is 2. The third-order valence-electron chi connectivity index (χ3n) is 15.4. The third-order valence-corrected chi connectivity index (χ3v) is 15.4. The van der Waals surface area contributed by atoms with E-state index in [0.717, 1.165) is 51.4 Å². The van der Waals surface area contributed by atoms with Crippen molar-refractivity contribution in [3.8, 4) is 0 Å². The average Bonchev–Trinajstić information content (AvgIpc) is 2.95. The zero-order valence-electron chi connectivity index (χ0n) is 27.5. The summed E-state index contributed by atoms with van der Waals surface area (Å²) in [5, 5.41) is 32.2. The minimum Gasteiger partial charge on any atom is -0.435 e. The zero-order valence-corrected chi connectivity index (χ0v) is 27.5. The summed E-state index contributed by atoms with van der Waals surface area (Å²) in [5.41, 5.74) is 1.53. The van der Waals surface area contributed by atoms with Crippen molar-refractivity contribution in [1.29, 1.82) is 0 Å². The van der Waals surface area contributed by atoms with E-state index in [1.807, 2.05) is 0 Å². The van der Waals surface area contributed by atoms with E-state index in [9.17, 15) is 24.9 Å². The molecular formula is C36H56O7. The molecule has 0 aromatic heterocycles. The van der Waals surface area contributed by atoms with Gasteiger partial charge in [-0.25, -0.2) is 0 Å². The quantitative estimate of drug-likeness (QED) is 0.285. The number of hydrogen-bond acceptors (Lipinski definition) is 7. The van der Waals surface area contributed by atoms with Crippen molar-refractivity contribution < 1.29 is 34.4 Å². The van der Waals surface area contributed by atoms with Crippen LogP contribution in [-0.4, -0.2) is 58.3 Å². The number of Topliss-reactive ketones (excluding diaryl/α,β-unsaturated/α-hetero) is 1. The molecule has 5 fully saturated rings. The molecule has 7 heteroatoms. The van der Waals surface area contributed by atoms with Crippen LogP contribution in [0.3, 0.4) is 0 Å². The van der Waals surface area contributed by atoms with Gasteiger partial charge in [0, 0.05) is 11.8 Å². The molecule has 14 atom stereocenters. The Morgan fingerprint density at radius 3 is 2.35 bits per heavy atom. The Kier molecular flexibility index (Phi) is 7.64. The molecular weight excluding hydrogens is 544 g/mol. The van der Waals surface area contributed by atoms with Gasteiger partial charge in [-0.1, -0.05) is 60.1 Å². The predicted molar refractivity (Wildman–Crippen MR) is 162 cm³/mol. The Morgan fingerprint density at radius 1 is 0.930 bits per heavy atom. The van der Waals surface area contributed by atoms with Gasteiger partial charge in [-0.15, -0.1) is 0 Å². The van der Waals surface area contributed by atoms with Gasteiger partial charge in [-0.05, 0) is 109 Å². The van der Waals surface area contributed by atoms with Crippen LogP contribution in [0, 0.1) is 56.7 Å². The monoisotopic (exact) mass is 600 g/mol. The second-order valence-corrected chi connectivity index (χ2v) is 17.1. The van der Waals surface area contributed by atoms with Crippen molar-refractivity contribution in [2.75, 3.05) is 0 Å². The minimum absolute atomic E-state index is 0.0416. The normalized spacial score (nSPS) is 54.3. The van der Waals surface area contributed by atoms with Gasteiger partial charge >= 0.3 is 0 Å². The average molecular weight is 601 g/mol. The molecule has 1 saturated heterocycles. The summed E-state index contributed by atoms with van der Waals surface area (Å²) < 4.78 is 11.0. The third kappa shape index (κ3) is 4.26. The highest BCUT2D eigenvalue weighted by molar-refractivity contribution is 5.85. The molecule has 1 aliphatic heterocycles. The molecule has 5 aliphatic carbocycles. The van der Waals surface area contributed by atoms with Crippen molar-refractivity contribution in [2.45, 2.75) is 143 Å². The number of hydrogen-bond donors (Lipinski definition) is 3. The lowest BCUT2D eigenvalue weighted by molar-refractivity contribution is -0.291. The second-order valence-electron chi connectivity index (χ2n) is 17.1. The number of carbonyl (C=O) groups excluding carboxylic acids is 2. The number of carbonyl (C=O) groups is 2. The topological polar surface area (TPSA) is 113 Å². The molecule has 0 aromatic carbocycles. The first-order chi connectivity index (χ1) is 20.1. The largest absolute Gasteiger partial charge is 0.435 e. The van der Waals surface area contributed by atoms with Crippen LogP contribution in [0.4, 0.5) is 0 Å². The number of aliphatic hydroxyl groups excluding tert-OH is 3. The molecule has 0 bridgehead atoms. The maximum atomic E-state index is 13.1. The maximum Gasteiger partial charge on any atom is 0.295 e. The fourth-order valence-corrected chi connectivity index (χ4v) is 12.4. The summed E-state index contributed by atoms with van der Waals surface area (Å²) >= 11 is 0. The lowest BCUT2D eigenvalue weighted by Crippen LogP contribution is -2.65. The number of fused-ring (bicyclic) bond motifs is 7. The van der Waals surface area contributed by atoms with E-state index in [4.69, 9.17) is 9.47 Å². The van der Waals surface area contributed by atoms with Gasteiger partial charge < -0.3 is 24.8 Å². The highest BCUT2D eigenvalue weighted by Gasteiger charge is 2.69. The summed E-state index contributed by atoms with van der Waals surface area (Å²) in [6, 6.07) is 0. The van der Waals surface area contributed by atoms with Crippen molar-refractivity contribution in [3.05, 3.63) is 11.6 Å². The summed E-state index contributed by atoms with van der Waals surface area (Å²) in [7, 11) is 0. The summed E-state index contributed by atoms with van der Waals surface area (Å²) in [5.74, 6) is 2.74. The molecule has 0 aromatic rings. The highest BCUT2D eigenvalue weighted by Crippen LogP contribution is 2.76. The summed E-state index contributed by atoms with van der Waals surface area (Å²) in [6.07, 6.45) is 6.16. The zero-order chi connectivity index (χ0) is 31.3. The van der Waals surface area contributed by atoms with E-state index in [-0.39, 0.29) is 33.5 Å². The van der Waals surface area contributed by atoms with Gasteiger partial charge in [-0.3, -0.25) is 9.59 Å². The fraction of sp³-hybridized carbons (Fsp3) is 0.889. The number of allylic oxidation sites excluding steroid dienone is 2. The van der Waals surface area contributed by atoms with E-state index in [2.05, 4.69) is 54.5 Å². The Hall–Kier alpha value is -1.28. The van der Waals surface area contributed by atoms with Crippen LogP contribution in [0.1, 0.15) is 113 Å². The molecule has 0 spiro atoms. The van der Waals surface area contributed by atoms with Crippen LogP contribution in [-0.2, 0) is 19.1 Å². The van der Waals surface area contributed by atoms with E-state index in [0.29, 0.717) is 48.2 Å². The first kappa shape index (κ1) is 31.7. The lowest BCUT2D eigenvalue weighted by atomic mass is 9.33. The maximum absolute atomic E-state index is 13.1. The van der Waals surface area contributed by atoms with Gasteiger partial charge in [0.05, 0.1) is 6.10 Å². The Labute approximate surface area is 258 Å². The fourth-order valence-electron chi connectivity index (χ4n) is 12.4. The Bertz CT molecular complexity index is 1160. The molecule has 7 nitrogen and oxygen atoms in total. The van der Waals surface area contributed by atoms with Gasteiger partial charge in [0.15, 0.2) is 0 Å². The van der Waals surface area contributed by atoms with Gasteiger partial charge in [0.2, 0.25) is 6.29 Å². The standard InChI is InChI=1S/C36H56O7/c1-20-10-15-36(18-23-28(39)29(40)30(41)31(43-23)42-19-37)17-16-34(6)22(27(36)21(20)2)8-9-25-33(5)13-12-26(38)32(3,4)24(33)11-14-35(25,34)7/h8,19-21,23-25,27-31,39-41H,9-18H2,1-7H3/t20-,21+,23+,24?,25?,27?,28?,29-,30+,31?,33+,34-,35-,36-/m1/s1. The van der Waals surface area contributed by atoms with Gasteiger partial charge in [0.25, 0.3) is 6.47 Å². The van der Waals surface area contributed by atoms with Crippen molar-refractivity contribution in [3.63, 3.8) is 0 Å². The lowest BCUT2D eigenvalue weighted by Gasteiger charge is -2.71.